The van der Waals surface area contributed by atoms with E-state index in [9.17, 15) is 0 Å². The van der Waals surface area contributed by atoms with Gasteiger partial charge in [0.1, 0.15) is 5.75 Å². The first-order valence-electron chi connectivity index (χ1n) is 9.03. The number of rotatable bonds is 6. The number of hydrogen-bond donors (Lipinski definition) is 2. The van der Waals surface area contributed by atoms with E-state index in [1.807, 2.05) is 25.3 Å². The van der Waals surface area contributed by atoms with E-state index in [0.29, 0.717) is 12.6 Å². The van der Waals surface area contributed by atoms with Crippen molar-refractivity contribution >= 4 is 47.0 Å². The lowest BCUT2D eigenvalue weighted by molar-refractivity contribution is 0.415. The number of guanidine groups is 1. The molecule has 1 aliphatic heterocycles. The number of aliphatic imine (C=N–C) groups is 1. The van der Waals surface area contributed by atoms with Crippen molar-refractivity contribution in [3.8, 4) is 5.75 Å². The first-order valence-corrected chi connectivity index (χ1v) is 9.85. The number of methoxy groups -OCH3 is 1. The minimum atomic E-state index is 0. The van der Waals surface area contributed by atoms with Crippen LogP contribution in [-0.2, 0) is 6.54 Å². The minimum Gasteiger partial charge on any atom is -0.495 e. The van der Waals surface area contributed by atoms with E-state index in [1.54, 1.807) is 18.4 Å². The summed E-state index contributed by atoms with van der Waals surface area (Å²) in [6.07, 6.45) is 2.98. The molecule has 0 spiro atoms. The van der Waals surface area contributed by atoms with Crippen LogP contribution in [0.5, 0.6) is 5.75 Å². The number of anilines is 1. The van der Waals surface area contributed by atoms with Crippen molar-refractivity contribution in [2.45, 2.75) is 32.9 Å². The summed E-state index contributed by atoms with van der Waals surface area (Å²) in [7, 11) is 1.72. The smallest absolute Gasteiger partial charge is 0.191 e. The summed E-state index contributed by atoms with van der Waals surface area (Å²) in [4.78, 5) is 12.6. The molecular weight excluding hydrogens is 473 g/mol. The number of benzene rings is 1. The Morgan fingerprint density at radius 2 is 2.22 bits per heavy atom. The maximum absolute atomic E-state index is 5.50. The van der Waals surface area contributed by atoms with Gasteiger partial charge in [-0.2, -0.15) is 0 Å². The van der Waals surface area contributed by atoms with Gasteiger partial charge in [0.25, 0.3) is 0 Å². The van der Waals surface area contributed by atoms with E-state index in [2.05, 4.69) is 39.6 Å². The molecule has 27 heavy (non-hydrogen) atoms. The molecule has 1 aromatic heterocycles. The zero-order chi connectivity index (χ0) is 18.4. The fourth-order valence-electron chi connectivity index (χ4n) is 3.14. The number of nitrogens with one attached hydrogen (secondary N) is 2. The van der Waals surface area contributed by atoms with Crippen molar-refractivity contribution < 1.29 is 4.74 Å². The number of ether oxygens (including phenoxy) is 1. The summed E-state index contributed by atoms with van der Waals surface area (Å²) in [5, 5.41) is 8.00. The van der Waals surface area contributed by atoms with Crippen LogP contribution in [0, 0.1) is 6.92 Å². The van der Waals surface area contributed by atoms with Crippen molar-refractivity contribution in [3.05, 3.63) is 40.3 Å². The minimum absolute atomic E-state index is 0. The molecule has 1 aliphatic rings. The Hall–Kier alpha value is -1.55. The third-order valence-electron chi connectivity index (χ3n) is 4.36. The molecule has 0 bridgehead atoms. The first kappa shape index (κ1) is 21.7. The van der Waals surface area contributed by atoms with E-state index >= 15 is 0 Å². The second-order valence-electron chi connectivity index (χ2n) is 6.29. The number of halogens is 1. The van der Waals surface area contributed by atoms with Crippen LogP contribution < -0.4 is 20.3 Å². The Kier molecular flexibility index (Phi) is 8.62. The molecule has 0 radical (unpaired) electrons. The third kappa shape index (κ3) is 5.97. The number of aromatic nitrogens is 1. The quantitative estimate of drug-likeness (QED) is 0.361. The van der Waals surface area contributed by atoms with E-state index in [0.717, 1.165) is 48.5 Å². The van der Waals surface area contributed by atoms with E-state index in [1.165, 1.54) is 4.88 Å². The molecule has 2 heterocycles. The maximum Gasteiger partial charge on any atom is 0.191 e. The fourth-order valence-corrected chi connectivity index (χ4v) is 3.86. The second kappa shape index (κ2) is 10.7. The van der Waals surface area contributed by atoms with Crippen molar-refractivity contribution in [2.75, 3.05) is 31.6 Å². The fraction of sp³-hybridized carbons (Fsp3) is 0.474. The molecule has 1 unspecified atom stereocenters. The molecule has 6 nitrogen and oxygen atoms in total. The molecule has 0 amide bonds. The second-order valence-corrected chi connectivity index (χ2v) is 7.61. The van der Waals surface area contributed by atoms with Gasteiger partial charge in [0.2, 0.25) is 0 Å². The number of hydrogen-bond acceptors (Lipinski definition) is 5. The lowest BCUT2D eigenvalue weighted by atomic mass is 10.2. The van der Waals surface area contributed by atoms with Gasteiger partial charge in [-0.05, 0) is 32.4 Å². The molecule has 1 fully saturated rings. The average Bonchev–Trinajstić information content (AvgIpc) is 3.29. The van der Waals surface area contributed by atoms with E-state index in [-0.39, 0.29) is 24.0 Å². The molecule has 1 atom stereocenters. The molecule has 0 aliphatic carbocycles. The van der Waals surface area contributed by atoms with Crippen LogP contribution in [0.2, 0.25) is 0 Å². The standard InChI is InChI=1S/C19H27N5OS.HI/c1-4-20-19(22-12-16-11-21-14(2)26-16)23-15-9-10-24(13-15)17-7-5-6-8-18(17)25-3;/h5-8,11,15H,4,9-10,12-13H2,1-3H3,(H2,20,22,23);1H. The lowest BCUT2D eigenvalue weighted by Crippen LogP contribution is -2.44. The summed E-state index contributed by atoms with van der Waals surface area (Å²) in [5.41, 5.74) is 1.15. The van der Waals surface area contributed by atoms with Gasteiger partial charge < -0.3 is 20.3 Å². The highest BCUT2D eigenvalue weighted by Gasteiger charge is 2.25. The van der Waals surface area contributed by atoms with Crippen molar-refractivity contribution in [1.82, 2.24) is 15.6 Å². The first-order chi connectivity index (χ1) is 12.7. The predicted molar refractivity (Wildman–Crippen MR) is 124 cm³/mol. The Balaban J connectivity index is 0.00000261. The summed E-state index contributed by atoms with van der Waals surface area (Å²) >= 11 is 1.70. The van der Waals surface area contributed by atoms with E-state index < -0.39 is 0 Å². The number of aryl methyl sites for hydroxylation is 1. The zero-order valence-corrected chi connectivity index (χ0v) is 19.2. The molecule has 1 aromatic carbocycles. The van der Waals surface area contributed by atoms with Crippen LogP contribution in [0.1, 0.15) is 23.2 Å². The predicted octanol–water partition coefficient (Wildman–Crippen LogP) is 3.41. The summed E-state index contributed by atoms with van der Waals surface area (Å²) in [5.74, 6) is 1.79. The van der Waals surface area contributed by atoms with Crippen LogP contribution in [0.25, 0.3) is 0 Å². The Morgan fingerprint density at radius 3 is 2.93 bits per heavy atom. The average molecular weight is 501 g/mol. The summed E-state index contributed by atoms with van der Waals surface area (Å²) < 4.78 is 5.50. The monoisotopic (exact) mass is 501 g/mol. The van der Waals surface area contributed by atoms with Crippen molar-refractivity contribution in [1.29, 1.82) is 0 Å². The zero-order valence-electron chi connectivity index (χ0n) is 16.1. The Bertz CT molecular complexity index is 751. The highest BCUT2D eigenvalue weighted by Crippen LogP contribution is 2.30. The van der Waals surface area contributed by atoms with Gasteiger partial charge in [-0.3, -0.25) is 0 Å². The molecule has 3 rings (SSSR count). The molecule has 2 N–H and O–H groups in total. The summed E-state index contributed by atoms with van der Waals surface area (Å²) in [6.45, 7) is 7.55. The van der Waals surface area contributed by atoms with Crippen LogP contribution in [0.3, 0.4) is 0 Å². The van der Waals surface area contributed by atoms with Crippen molar-refractivity contribution in [3.63, 3.8) is 0 Å². The molecular formula is C19H28IN5OS. The topological polar surface area (TPSA) is 61.8 Å². The normalized spacial score (nSPS) is 16.8. The molecule has 2 aromatic rings. The van der Waals surface area contributed by atoms with Gasteiger partial charge in [-0.15, -0.1) is 35.3 Å². The molecule has 1 saturated heterocycles. The SMILES string of the molecule is CCNC(=NCc1cnc(C)s1)NC1CCN(c2ccccc2OC)C1.I. The molecule has 148 valence electrons. The van der Waals surface area contributed by atoms with Crippen LogP contribution in [0.4, 0.5) is 5.69 Å². The number of para-hydroxylation sites is 2. The van der Waals surface area contributed by atoms with Crippen molar-refractivity contribution in [2.24, 2.45) is 4.99 Å². The lowest BCUT2D eigenvalue weighted by Gasteiger charge is -2.22. The Labute approximate surface area is 182 Å². The highest BCUT2D eigenvalue weighted by atomic mass is 127. The Morgan fingerprint density at radius 1 is 1.41 bits per heavy atom. The molecule has 0 saturated carbocycles. The van der Waals surface area contributed by atoms with Gasteiger partial charge >= 0.3 is 0 Å². The van der Waals surface area contributed by atoms with E-state index in [4.69, 9.17) is 9.73 Å². The maximum atomic E-state index is 5.50. The summed E-state index contributed by atoms with van der Waals surface area (Å²) in [6, 6.07) is 8.55. The van der Waals surface area contributed by atoms with Gasteiger partial charge in [0.05, 0.1) is 24.3 Å². The van der Waals surface area contributed by atoms with Gasteiger partial charge in [0, 0.05) is 36.8 Å². The number of nitrogens with zero attached hydrogens (tertiary/aromatic N) is 3. The molecule has 8 heteroatoms. The van der Waals surface area contributed by atoms with Crippen LogP contribution in [0.15, 0.2) is 35.5 Å². The van der Waals surface area contributed by atoms with Gasteiger partial charge in [0.15, 0.2) is 5.96 Å². The third-order valence-corrected chi connectivity index (χ3v) is 5.26. The van der Waals surface area contributed by atoms with Gasteiger partial charge in [-0.25, -0.2) is 9.98 Å². The number of thiazole rings is 1. The van der Waals surface area contributed by atoms with Crippen LogP contribution in [-0.4, -0.2) is 43.7 Å². The highest BCUT2D eigenvalue weighted by molar-refractivity contribution is 14.0. The van der Waals surface area contributed by atoms with Gasteiger partial charge in [-0.1, -0.05) is 12.1 Å². The van der Waals surface area contributed by atoms with Crippen LogP contribution >= 0.6 is 35.3 Å². The largest absolute Gasteiger partial charge is 0.495 e.